The molecule has 24 heteroatoms. The number of fused-ring (bicyclic) bond motifs is 1. The lowest BCUT2D eigenvalue weighted by molar-refractivity contribution is -0.118. The molecule has 0 bridgehead atoms. The molecule has 3 heterocycles. The lowest BCUT2D eigenvalue weighted by Gasteiger charge is -2.19. The molecule has 3 rings (SSSR count). The maximum atomic E-state index is 12.0. The van der Waals surface area contributed by atoms with E-state index in [0.29, 0.717) is 35.3 Å². The van der Waals surface area contributed by atoms with Crippen LogP contribution in [0.25, 0.3) is 11.2 Å². The number of aliphatic hydroxyl groups excluding tert-OH is 2. The third-order valence-electron chi connectivity index (χ3n) is 5.13. The van der Waals surface area contributed by atoms with Gasteiger partial charge in [0.2, 0.25) is 5.91 Å². The van der Waals surface area contributed by atoms with Crippen molar-refractivity contribution in [2.24, 2.45) is 0 Å². The van der Waals surface area contributed by atoms with Crippen molar-refractivity contribution in [3.63, 3.8) is 0 Å². The number of imidazole rings is 1. The number of alkyl halides is 1. The largest absolute Gasteiger partial charge is 0.490 e. The lowest BCUT2D eigenvalue weighted by atomic mass is 10.1. The highest BCUT2D eigenvalue weighted by atomic mass is 127. The van der Waals surface area contributed by atoms with Crippen LogP contribution in [0.5, 0.6) is 0 Å². The van der Waals surface area contributed by atoms with E-state index in [1.165, 1.54) is 17.2 Å². The van der Waals surface area contributed by atoms with E-state index in [1.807, 2.05) is 22.6 Å². The Hall–Kier alpha value is -1.16. The smallest absolute Gasteiger partial charge is 0.387 e. The fourth-order valence-electron chi connectivity index (χ4n) is 3.47. The van der Waals surface area contributed by atoms with E-state index in [-0.39, 0.29) is 11.6 Å². The first-order chi connectivity index (χ1) is 18.6. The van der Waals surface area contributed by atoms with Crippen LogP contribution in [0.2, 0.25) is 0 Å². The third kappa shape index (κ3) is 9.43. The van der Waals surface area contributed by atoms with Gasteiger partial charge in [-0.2, -0.15) is 8.62 Å². The molecule has 0 saturated carbocycles. The number of hydrogen-bond donors (Lipinski definition) is 8. The average Bonchev–Trinajstić information content (AvgIpc) is 3.39. The van der Waals surface area contributed by atoms with Crippen LogP contribution >= 0.6 is 46.1 Å². The topological polar surface area (TPSA) is 294 Å². The Balaban J connectivity index is 1.61. The second-order valence-corrected chi connectivity index (χ2v) is 13.3. The maximum Gasteiger partial charge on any atom is 0.490 e. The van der Waals surface area contributed by atoms with Crippen LogP contribution in [-0.2, 0) is 36.4 Å². The number of halogens is 1. The Morgan fingerprint density at radius 2 is 1.73 bits per heavy atom. The summed E-state index contributed by atoms with van der Waals surface area (Å²) in [7, 11) is -16.8. The summed E-state index contributed by atoms with van der Waals surface area (Å²) in [4.78, 5) is 59.8. The van der Waals surface area contributed by atoms with E-state index in [2.05, 4.69) is 38.7 Å². The highest BCUT2D eigenvalue weighted by molar-refractivity contribution is 14.1. The first-order valence-corrected chi connectivity index (χ1v) is 17.2. The van der Waals surface area contributed by atoms with E-state index < -0.39 is 54.6 Å². The molecule has 0 aliphatic carbocycles. The molecule has 2 unspecified atom stereocenters. The van der Waals surface area contributed by atoms with Gasteiger partial charge in [-0.3, -0.25) is 13.9 Å². The van der Waals surface area contributed by atoms with E-state index in [9.17, 15) is 38.5 Å². The fraction of sp³-hybridized carbons (Fsp3) is 0.625. The Morgan fingerprint density at radius 1 is 1.02 bits per heavy atom. The Kier molecular flexibility index (Phi) is 11.6. The monoisotopic (exact) mass is 746 g/mol. The minimum atomic E-state index is -5.73. The number of aromatic nitrogens is 4. The molecule has 40 heavy (non-hydrogen) atoms. The van der Waals surface area contributed by atoms with Crippen molar-refractivity contribution in [3.05, 3.63) is 12.7 Å². The Labute approximate surface area is 239 Å². The number of amides is 1. The van der Waals surface area contributed by atoms with Gasteiger partial charge in [0.15, 0.2) is 23.2 Å². The zero-order chi connectivity index (χ0) is 29.7. The molecule has 0 aromatic carbocycles. The first kappa shape index (κ1) is 33.3. The number of carbonyl (C=O) groups is 1. The number of anilines is 1. The predicted molar refractivity (Wildman–Crippen MR) is 141 cm³/mol. The molecule has 1 fully saturated rings. The van der Waals surface area contributed by atoms with Gasteiger partial charge in [0.1, 0.15) is 24.6 Å². The molecule has 1 aliphatic rings. The Morgan fingerprint density at radius 3 is 2.40 bits per heavy atom. The molecule has 6 atom stereocenters. The highest BCUT2D eigenvalue weighted by Crippen LogP contribution is 2.66. The quantitative estimate of drug-likeness (QED) is 0.0495. The molecule has 8 N–H and O–H groups in total. The second kappa shape index (κ2) is 13.9. The summed E-state index contributed by atoms with van der Waals surface area (Å²) in [5, 5.41) is 26.8. The minimum Gasteiger partial charge on any atom is -0.387 e. The molecule has 1 aliphatic heterocycles. The van der Waals surface area contributed by atoms with Crippen molar-refractivity contribution < 1.29 is 66.2 Å². The molecule has 1 saturated heterocycles. The zero-order valence-corrected chi connectivity index (χ0v) is 25.0. The van der Waals surface area contributed by atoms with Crippen molar-refractivity contribution in [1.29, 1.82) is 0 Å². The van der Waals surface area contributed by atoms with Crippen LogP contribution in [0.15, 0.2) is 12.7 Å². The number of nitrogens with one attached hydrogen (secondary N) is 2. The van der Waals surface area contributed by atoms with Crippen molar-refractivity contribution in [2.75, 3.05) is 29.4 Å². The molecule has 0 radical (unpaired) electrons. The Bertz CT molecular complexity index is 1330. The number of carbonyl (C=O) groups excluding carboxylic acids is 1. The minimum absolute atomic E-state index is 0.0469. The van der Waals surface area contributed by atoms with Crippen LogP contribution in [0.3, 0.4) is 0 Å². The van der Waals surface area contributed by atoms with E-state index in [4.69, 9.17) is 14.5 Å². The van der Waals surface area contributed by atoms with Crippen LogP contribution in [-0.4, -0.2) is 97.6 Å². The van der Waals surface area contributed by atoms with E-state index in [1.54, 1.807) is 0 Å². The SMILES string of the molecule is O=C(CI)NCCCCNc1ncnc2c1ncn2[C@@H]1O[C@H](COP(=O)(O)OP(=O)(O)OP(=O)(O)O)[C@@H](O)[C@H]1O. The average molecular weight is 746 g/mol. The number of phosphoric ester groups is 1. The molecular weight excluding hydrogens is 720 g/mol. The van der Waals surface area contributed by atoms with Gasteiger partial charge in [0.05, 0.1) is 17.4 Å². The summed E-state index contributed by atoms with van der Waals surface area (Å²) in [6.07, 6.45) is -2.17. The zero-order valence-electron chi connectivity index (χ0n) is 20.2. The van der Waals surface area contributed by atoms with Gasteiger partial charge in [0, 0.05) is 13.1 Å². The van der Waals surface area contributed by atoms with Gasteiger partial charge in [-0.05, 0) is 12.8 Å². The van der Waals surface area contributed by atoms with Crippen LogP contribution in [0.4, 0.5) is 5.82 Å². The number of ether oxygens (including phenoxy) is 1. The van der Waals surface area contributed by atoms with Gasteiger partial charge >= 0.3 is 23.5 Å². The summed E-state index contributed by atoms with van der Waals surface area (Å²) in [6.45, 7) is 0.0634. The first-order valence-electron chi connectivity index (χ1n) is 11.2. The van der Waals surface area contributed by atoms with Gasteiger partial charge < -0.3 is 45.2 Å². The number of rotatable bonds is 15. The van der Waals surface area contributed by atoms with Gasteiger partial charge in [-0.1, -0.05) is 22.6 Å². The molecule has 2 aromatic heterocycles. The number of hydrogen-bond acceptors (Lipinski definition) is 14. The standard InChI is InChI=1S/C16H26IN6O14P3/c17-5-10(24)18-3-1-2-4-19-14-11-15(21-7-20-14)23(8-22-11)16-13(26)12(25)9(35-16)6-34-39(30,31)37-40(32,33)36-38(27,28)29/h7-9,12-13,16,25-26H,1-6H2,(H,18,24)(H,30,31)(H,32,33)(H,19,20,21)(H2,27,28,29)/t9-,12-,13-,16-/m1/s1. The van der Waals surface area contributed by atoms with Crippen LogP contribution < -0.4 is 10.6 Å². The normalized spacial score (nSPS) is 24.5. The van der Waals surface area contributed by atoms with Crippen molar-refractivity contribution in [3.8, 4) is 0 Å². The van der Waals surface area contributed by atoms with Crippen molar-refractivity contribution in [1.82, 2.24) is 24.8 Å². The molecule has 20 nitrogen and oxygen atoms in total. The van der Waals surface area contributed by atoms with Crippen LogP contribution in [0.1, 0.15) is 19.1 Å². The second-order valence-electron chi connectivity index (χ2n) is 8.10. The van der Waals surface area contributed by atoms with E-state index >= 15 is 0 Å². The summed E-state index contributed by atoms with van der Waals surface area (Å²) in [5.74, 6) is 0.326. The maximum absolute atomic E-state index is 12.0. The predicted octanol–water partition coefficient (Wildman–Crippen LogP) is -0.468. The molecule has 226 valence electrons. The molecule has 0 spiro atoms. The van der Waals surface area contributed by atoms with E-state index in [0.717, 1.165) is 6.42 Å². The van der Waals surface area contributed by atoms with Gasteiger partial charge in [0.25, 0.3) is 0 Å². The van der Waals surface area contributed by atoms with Gasteiger partial charge in [-0.15, -0.1) is 0 Å². The van der Waals surface area contributed by atoms with Gasteiger partial charge in [-0.25, -0.2) is 28.6 Å². The molecule has 1 amide bonds. The van der Waals surface area contributed by atoms with Crippen molar-refractivity contribution >= 4 is 68.9 Å². The lowest BCUT2D eigenvalue weighted by Crippen LogP contribution is -2.33. The number of aliphatic hydroxyl groups is 2. The van der Waals surface area contributed by atoms with Crippen LogP contribution in [0, 0.1) is 0 Å². The molecule has 2 aromatic rings. The fourth-order valence-corrected chi connectivity index (χ4v) is 6.77. The van der Waals surface area contributed by atoms with Crippen molar-refractivity contribution in [2.45, 2.75) is 37.4 Å². The number of nitrogens with zero attached hydrogens (tertiary/aromatic N) is 4. The summed E-state index contributed by atoms with van der Waals surface area (Å²) < 4.78 is 53.1. The summed E-state index contributed by atoms with van der Waals surface area (Å²) in [6, 6.07) is 0. The highest BCUT2D eigenvalue weighted by Gasteiger charge is 2.47. The molecular formula is C16H26IN6O14P3. The summed E-state index contributed by atoms with van der Waals surface area (Å²) >= 11 is 1.97. The third-order valence-corrected chi connectivity index (χ3v) is 9.62. The number of unbranched alkanes of at least 4 members (excludes halogenated alkanes) is 1. The number of phosphoric acid groups is 3. The summed E-state index contributed by atoms with van der Waals surface area (Å²) in [5.41, 5.74) is 0.513.